The molecule has 1 amide bonds. The highest BCUT2D eigenvalue weighted by molar-refractivity contribution is 5.82. The van der Waals surface area contributed by atoms with Crippen molar-refractivity contribution in [1.29, 1.82) is 0 Å². The Bertz CT molecular complexity index is 177. The Kier molecular flexibility index (Phi) is 8.32. The van der Waals surface area contributed by atoms with Crippen molar-refractivity contribution >= 4 is 5.91 Å². The van der Waals surface area contributed by atoms with Crippen LogP contribution in [0.25, 0.3) is 0 Å². The SMILES string of the molecule is CCCCCCNC(=O)C(CC)(CC)CC. The zero-order valence-corrected chi connectivity index (χ0v) is 11.6. The molecule has 2 heteroatoms. The molecule has 0 aromatic rings. The first-order valence-electron chi connectivity index (χ1n) is 6.95. The molecule has 0 atom stereocenters. The standard InChI is InChI=1S/C14H29NO/c1-5-9-10-11-12-15-13(16)14(6-2,7-3)8-4/h5-12H2,1-4H3,(H,15,16). The number of carbonyl (C=O) groups excluding carboxylic acids is 1. The van der Waals surface area contributed by atoms with Gasteiger partial charge in [0.2, 0.25) is 5.91 Å². The van der Waals surface area contributed by atoms with E-state index in [1.165, 1.54) is 19.3 Å². The van der Waals surface area contributed by atoms with Crippen molar-refractivity contribution in [2.24, 2.45) is 5.41 Å². The van der Waals surface area contributed by atoms with Crippen molar-refractivity contribution in [3.05, 3.63) is 0 Å². The third-order valence-electron chi connectivity index (χ3n) is 3.83. The number of hydrogen-bond acceptors (Lipinski definition) is 1. The van der Waals surface area contributed by atoms with Crippen LogP contribution in [0.1, 0.15) is 72.6 Å². The van der Waals surface area contributed by atoms with Gasteiger partial charge < -0.3 is 5.32 Å². The molecule has 1 N–H and O–H groups in total. The fourth-order valence-electron chi connectivity index (χ4n) is 2.17. The van der Waals surface area contributed by atoms with Crippen LogP contribution in [0.15, 0.2) is 0 Å². The minimum atomic E-state index is -0.120. The molecule has 0 aliphatic rings. The summed E-state index contributed by atoms with van der Waals surface area (Å²) in [5.74, 6) is 0.261. The van der Waals surface area contributed by atoms with Gasteiger partial charge in [-0.15, -0.1) is 0 Å². The fourth-order valence-corrected chi connectivity index (χ4v) is 2.17. The van der Waals surface area contributed by atoms with Crippen molar-refractivity contribution < 1.29 is 4.79 Å². The molecule has 0 rings (SSSR count). The van der Waals surface area contributed by atoms with E-state index >= 15 is 0 Å². The van der Waals surface area contributed by atoms with Gasteiger partial charge in [-0.3, -0.25) is 4.79 Å². The highest BCUT2D eigenvalue weighted by atomic mass is 16.2. The van der Waals surface area contributed by atoms with Crippen molar-refractivity contribution in [3.8, 4) is 0 Å². The molecule has 2 nitrogen and oxygen atoms in total. The van der Waals surface area contributed by atoms with Gasteiger partial charge >= 0.3 is 0 Å². The quantitative estimate of drug-likeness (QED) is 0.595. The minimum absolute atomic E-state index is 0.120. The van der Waals surface area contributed by atoms with Crippen molar-refractivity contribution in [2.75, 3.05) is 6.54 Å². The normalized spacial score (nSPS) is 11.5. The van der Waals surface area contributed by atoms with Gasteiger partial charge in [-0.2, -0.15) is 0 Å². The summed E-state index contributed by atoms with van der Waals surface area (Å²) in [7, 11) is 0. The number of nitrogens with one attached hydrogen (secondary N) is 1. The van der Waals surface area contributed by atoms with Crippen LogP contribution in [-0.2, 0) is 4.79 Å². The van der Waals surface area contributed by atoms with Crippen LogP contribution in [0, 0.1) is 5.41 Å². The highest BCUT2D eigenvalue weighted by Crippen LogP contribution is 2.30. The van der Waals surface area contributed by atoms with E-state index in [1.807, 2.05) is 0 Å². The number of carbonyl (C=O) groups is 1. The largest absolute Gasteiger partial charge is 0.356 e. The lowest BCUT2D eigenvalue weighted by Gasteiger charge is -2.28. The minimum Gasteiger partial charge on any atom is -0.356 e. The van der Waals surface area contributed by atoms with Crippen LogP contribution in [0.2, 0.25) is 0 Å². The Morgan fingerprint density at radius 3 is 1.94 bits per heavy atom. The molecule has 0 aliphatic heterocycles. The molecule has 0 unspecified atom stereocenters. The van der Waals surface area contributed by atoms with Gasteiger partial charge in [0, 0.05) is 12.0 Å². The van der Waals surface area contributed by atoms with Gasteiger partial charge in [0.1, 0.15) is 0 Å². The Morgan fingerprint density at radius 1 is 0.938 bits per heavy atom. The van der Waals surface area contributed by atoms with E-state index in [4.69, 9.17) is 0 Å². The molecular formula is C14H29NO. The Balaban J connectivity index is 3.93. The third-order valence-corrected chi connectivity index (χ3v) is 3.83. The van der Waals surface area contributed by atoms with E-state index in [1.54, 1.807) is 0 Å². The second-order valence-corrected chi connectivity index (χ2v) is 4.66. The van der Waals surface area contributed by atoms with E-state index in [0.29, 0.717) is 0 Å². The second-order valence-electron chi connectivity index (χ2n) is 4.66. The molecule has 0 aromatic heterocycles. The van der Waals surface area contributed by atoms with E-state index in [2.05, 4.69) is 33.0 Å². The predicted molar refractivity (Wildman–Crippen MR) is 70.5 cm³/mol. The number of rotatable bonds is 9. The molecule has 0 saturated carbocycles. The average Bonchev–Trinajstić information content (AvgIpc) is 2.32. The molecule has 0 aliphatic carbocycles. The molecule has 0 aromatic carbocycles. The number of amides is 1. The second kappa shape index (κ2) is 8.60. The first-order chi connectivity index (χ1) is 7.66. The van der Waals surface area contributed by atoms with Crippen LogP contribution in [0.4, 0.5) is 0 Å². The third kappa shape index (κ3) is 4.54. The van der Waals surface area contributed by atoms with E-state index in [-0.39, 0.29) is 11.3 Å². The maximum Gasteiger partial charge on any atom is 0.226 e. The summed E-state index contributed by atoms with van der Waals surface area (Å²) in [5.41, 5.74) is -0.120. The van der Waals surface area contributed by atoms with Crippen LogP contribution >= 0.6 is 0 Å². The van der Waals surface area contributed by atoms with Crippen molar-refractivity contribution in [1.82, 2.24) is 5.32 Å². The zero-order valence-electron chi connectivity index (χ0n) is 11.6. The Morgan fingerprint density at radius 2 is 1.50 bits per heavy atom. The van der Waals surface area contributed by atoms with Gasteiger partial charge in [-0.1, -0.05) is 47.0 Å². The Labute approximate surface area is 101 Å². The van der Waals surface area contributed by atoms with Crippen LogP contribution in [0.5, 0.6) is 0 Å². The summed E-state index contributed by atoms with van der Waals surface area (Å²) in [4.78, 5) is 12.1. The average molecular weight is 227 g/mol. The van der Waals surface area contributed by atoms with E-state index in [0.717, 1.165) is 32.2 Å². The molecule has 0 spiro atoms. The molecule has 0 fully saturated rings. The molecule has 96 valence electrons. The first kappa shape index (κ1) is 15.5. The van der Waals surface area contributed by atoms with Crippen LogP contribution in [-0.4, -0.2) is 12.5 Å². The summed E-state index contributed by atoms with van der Waals surface area (Å²) in [6.45, 7) is 9.40. The zero-order chi connectivity index (χ0) is 12.4. The van der Waals surface area contributed by atoms with Crippen LogP contribution < -0.4 is 5.32 Å². The van der Waals surface area contributed by atoms with Gasteiger partial charge in [0.15, 0.2) is 0 Å². The van der Waals surface area contributed by atoms with Gasteiger partial charge in [-0.25, -0.2) is 0 Å². The first-order valence-corrected chi connectivity index (χ1v) is 6.95. The summed E-state index contributed by atoms with van der Waals surface area (Å²) in [6, 6.07) is 0. The summed E-state index contributed by atoms with van der Waals surface area (Å²) < 4.78 is 0. The monoisotopic (exact) mass is 227 g/mol. The number of unbranched alkanes of at least 4 members (excludes halogenated alkanes) is 3. The van der Waals surface area contributed by atoms with Crippen molar-refractivity contribution in [2.45, 2.75) is 72.6 Å². The maximum atomic E-state index is 12.1. The fraction of sp³-hybridized carbons (Fsp3) is 0.929. The maximum absolute atomic E-state index is 12.1. The molecular weight excluding hydrogens is 198 g/mol. The lowest BCUT2D eigenvalue weighted by Crippen LogP contribution is -2.40. The summed E-state index contributed by atoms with van der Waals surface area (Å²) in [6.07, 6.45) is 7.70. The summed E-state index contributed by atoms with van der Waals surface area (Å²) >= 11 is 0. The molecule has 0 heterocycles. The topological polar surface area (TPSA) is 29.1 Å². The molecule has 0 radical (unpaired) electrons. The molecule has 0 saturated heterocycles. The smallest absolute Gasteiger partial charge is 0.226 e. The van der Waals surface area contributed by atoms with E-state index in [9.17, 15) is 4.79 Å². The van der Waals surface area contributed by atoms with E-state index < -0.39 is 0 Å². The van der Waals surface area contributed by atoms with Gasteiger partial charge in [0.25, 0.3) is 0 Å². The number of hydrogen-bond donors (Lipinski definition) is 1. The summed E-state index contributed by atoms with van der Waals surface area (Å²) in [5, 5.41) is 3.10. The highest BCUT2D eigenvalue weighted by Gasteiger charge is 2.32. The lowest BCUT2D eigenvalue weighted by molar-refractivity contribution is -0.131. The van der Waals surface area contributed by atoms with Crippen molar-refractivity contribution in [3.63, 3.8) is 0 Å². The Hall–Kier alpha value is -0.530. The van der Waals surface area contributed by atoms with Gasteiger partial charge in [0.05, 0.1) is 0 Å². The van der Waals surface area contributed by atoms with Gasteiger partial charge in [-0.05, 0) is 25.7 Å². The van der Waals surface area contributed by atoms with Crippen LogP contribution in [0.3, 0.4) is 0 Å². The molecule has 0 bridgehead atoms. The predicted octanol–water partition coefficient (Wildman–Crippen LogP) is 3.90. The molecule has 16 heavy (non-hydrogen) atoms. The lowest BCUT2D eigenvalue weighted by atomic mass is 9.79.